The van der Waals surface area contributed by atoms with Gasteiger partial charge in [0.15, 0.2) is 0 Å². The molecule has 2 rings (SSSR count). The molecule has 5 heteroatoms. The maximum Gasteiger partial charge on any atom is 0.252 e. The number of nitrogens with two attached hydrogens (primary N) is 1. The number of carbonyl (C=O) groups excluding carboxylic acids is 1. The number of rotatable bonds is 4. The molecule has 110 valence electrons. The van der Waals surface area contributed by atoms with E-state index in [1.807, 2.05) is 0 Å². The Kier molecular flexibility index (Phi) is 5.43. The van der Waals surface area contributed by atoms with Crippen molar-refractivity contribution in [2.75, 3.05) is 31.9 Å². The number of nitrogens with one attached hydrogen (secondary N) is 1. The molecule has 0 saturated carbocycles. The first-order chi connectivity index (χ1) is 9.61. The molecule has 0 spiro atoms. The van der Waals surface area contributed by atoms with Gasteiger partial charge in [-0.2, -0.15) is 0 Å². The van der Waals surface area contributed by atoms with Crippen LogP contribution in [0, 0.1) is 5.92 Å². The second-order valence-corrected chi connectivity index (χ2v) is 6.09. The van der Waals surface area contributed by atoms with Crippen molar-refractivity contribution in [2.24, 2.45) is 5.92 Å². The van der Waals surface area contributed by atoms with Crippen LogP contribution in [-0.2, 0) is 0 Å². The number of amides is 1. The summed E-state index contributed by atoms with van der Waals surface area (Å²) in [4.78, 5) is 14.6. The number of hydrogen-bond donors (Lipinski definition) is 2. The fourth-order valence-corrected chi connectivity index (χ4v) is 3.01. The van der Waals surface area contributed by atoms with Crippen molar-refractivity contribution in [3.05, 3.63) is 28.2 Å². The van der Waals surface area contributed by atoms with Gasteiger partial charge in [-0.25, -0.2) is 0 Å². The van der Waals surface area contributed by atoms with Crippen molar-refractivity contribution in [3.8, 4) is 0 Å². The number of anilines is 1. The summed E-state index contributed by atoms with van der Waals surface area (Å²) < 4.78 is 0.679. The fraction of sp³-hybridized carbons (Fsp3) is 0.533. The molecule has 3 N–H and O–H groups in total. The molecule has 1 heterocycles. The third kappa shape index (κ3) is 3.73. The highest BCUT2D eigenvalue weighted by Crippen LogP contribution is 2.24. The van der Waals surface area contributed by atoms with E-state index in [4.69, 9.17) is 5.73 Å². The van der Waals surface area contributed by atoms with Crippen molar-refractivity contribution in [1.82, 2.24) is 10.2 Å². The van der Waals surface area contributed by atoms with Gasteiger partial charge < -0.3 is 16.0 Å². The van der Waals surface area contributed by atoms with E-state index >= 15 is 0 Å². The Morgan fingerprint density at radius 2 is 2.15 bits per heavy atom. The van der Waals surface area contributed by atoms with E-state index in [1.54, 1.807) is 18.2 Å². The van der Waals surface area contributed by atoms with Crippen LogP contribution in [0.15, 0.2) is 22.7 Å². The first kappa shape index (κ1) is 15.3. The quantitative estimate of drug-likeness (QED) is 0.828. The Balaban J connectivity index is 1.85. The lowest BCUT2D eigenvalue weighted by atomic mass is 9.96. The van der Waals surface area contributed by atoms with Gasteiger partial charge in [0.25, 0.3) is 5.91 Å². The van der Waals surface area contributed by atoms with Crippen LogP contribution < -0.4 is 11.1 Å². The van der Waals surface area contributed by atoms with Gasteiger partial charge in [-0.1, -0.05) is 13.0 Å². The zero-order chi connectivity index (χ0) is 14.5. The molecular formula is C15H22BrN3O. The lowest BCUT2D eigenvalue weighted by Crippen LogP contribution is -2.38. The Hall–Kier alpha value is -1.07. The number of likely N-dealkylation sites (tertiary alicyclic amines) is 1. The molecule has 1 aromatic carbocycles. The molecular weight excluding hydrogens is 318 g/mol. The van der Waals surface area contributed by atoms with E-state index in [2.05, 4.69) is 33.1 Å². The molecule has 0 radical (unpaired) electrons. The van der Waals surface area contributed by atoms with Gasteiger partial charge >= 0.3 is 0 Å². The summed E-state index contributed by atoms with van der Waals surface area (Å²) in [5.74, 6) is 0.531. The summed E-state index contributed by atoms with van der Waals surface area (Å²) in [5, 5.41) is 3.03. The summed E-state index contributed by atoms with van der Waals surface area (Å²) in [5.41, 5.74) is 6.99. The van der Waals surface area contributed by atoms with Crippen LogP contribution in [0.5, 0.6) is 0 Å². The Labute approximate surface area is 128 Å². The Morgan fingerprint density at radius 1 is 1.45 bits per heavy atom. The minimum absolute atomic E-state index is 0.0536. The number of hydrogen-bond acceptors (Lipinski definition) is 3. The standard InChI is InChI=1S/C15H22BrN3O/c1-2-19-8-6-11(7-9-19)10-18-15(20)12-4-3-5-13(17)14(12)16/h3-5,11H,2,6-10,17H2,1H3,(H,18,20). The van der Waals surface area contributed by atoms with E-state index in [-0.39, 0.29) is 5.91 Å². The number of carbonyl (C=O) groups is 1. The largest absolute Gasteiger partial charge is 0.398 e. The van der Waals surface area contributed by atoms with E-state index < -0.39 is 0 Å². The van der Waals surface area contributed by atoms with Crippen molar-refractivity contribution >= 4 is 27.5 Å². The molecule has 1 amide bonds. The molecule has 0 atom stereocenters. The Morgan fingerprint density at radius 3 is 2.80 bits per heavy atom. The third-order valence-electron chi connectivity index (χ3n) is 3.98. The van der Waals surface area contributed by atoms with Crippen molar-refractivity contribution < 1.29 is 4.79 Å². The summed E-state index contributed by atoms with van der Waals surface area (Å²) >= 11 is 3.37. The molecule has 0 unspecified atom stereocenters. The molecule has 1 aliphatic rings. The van der Waals surface area contributed by atoms with Gasteiger partial charge in [-0.15, -0.1) is 0 Å². The second-order valence-electron chi connectivity index (χ2n) is 5.30. The summed E-state index contributed by atoms with van der Waals surface area (Å²) in [6, 6.07) is 5.37. The van der Waals surface area contributed by atoms with Crippen LogP contribution in [0.2, 0.25) is 0 Å². The number of nitrogen functional groups attached to an aromatic ring is 1. The lowest BCUT2D eigenvalue weighted by molar-refractivity contribution is 0.0936. The summed E-state index contributed by atoms with van der Waals surface area (Å²) in [6.45, 7) is 6.34. The second kappa shape index (κ2) is 7.09. The average molecular weight is 340 g/mol. The highest BCUT2D eigenvalue weighted by Gasteiger charge is 2.19. The predicted octanol–water partition coefficient (Wildman–Crippen LogP) is 2.49. The SMILES string of the molecule is CCN1CCC(CNC(=O)c2cccc(N)c2Br)CC1. The molecule has 1 fully saturated rings. The van der Waals surface area contributed by atoms with Gasteiger partial charge in [-0.3, -0.25) is 4.79 Å². The Bertz CT molecular complexity index is 470. The number of halogens is 1. The average Bonchev–Trinajstić information content (AvgIpc) is 2.48. The van der Waals surface area contributed by atoms with Crippen LogP contribution in [0.1, 0.15) is 30.1 Å². The molecule has 1 aromatic rings. The van der Waals surface area contributed by atoms with E-state index in [9.17, 15) is 4.79 Å². The topological polar surface area (TPSA) is 58.4 Å². The first-order valence-electron chi connectivity index (χ1n) is 7.16. The zero-order valence-corrected chi connectivity index (χ0v) is 13.4. The van der Waals surface area contributed by atoms with Crippen molar-refractivity contribution in [1.29, 1.82) is 0 Å². The minimum atomic E-state index is -0.0536. The first-order valence-corrected chi connectivity index (χ1v) is 7.95. The number of nitrogens with zero attached hydrogens (tertiary/aromatic N) is 1. The smallest absolute Gasteiger partial charge is 0.252 e. The van der Waals surface area contributed by atoms with Gasteiger partial charge in [0.1, 0.15) is 0 Å². The zero-order valence-electron chi connectivity index (χ0n) is 11.9. The maximum absolute atomic E-state index is 12.2. The predicted molar refractivity (Wildman–Crippen MR) is 85.7 cm³/mol. The summed E-state index contributed by atoms with van der Waals surface area (Å²) in [6.07, 6.45) is 2.32. The highest BCUT2D eigenvalue weighted by atomic mass is 79.9. The molecule has 0 bridgehead atoms. The monoisotopic (exact) mass is 339 g/mol. The van der Waals surface area contributed by atoms with Crippen molar-refractivity contribution in [3.63, 3.8) is 0 Å². The van der Waals surface area contributed by atoms with Gasteiger partial charge in [-0.05, 0) is 66.5 Å². The van der Waals surface area contributed by atoms with Crippen LogP contribution in [0.25, 0.3) is 0 Å². The van der Waals surface area contributed by atoms with Gasteiger partial charge in [0.2, 0.25) is 0 Å². The van der Waals surface area contributed by atoms with Crippen LogP contribution >= 0.6 is 15.9 Å². The minimum Gasteiger partial charge on any atom is -0.398 e. The fourth-order valence-electron chi connectivity index (χ4n) is 2.56. The molecule has 0 aromatic heterocycles. The normalized spacial score (nSPS) is 17.1. The maximum atomic E-state index is 12.2. The molecule has 1 saturated heterocycles. The van der Waals surface area contributed by atoms with Gasteiger partial charge in [0, 0.05) is 12.2 Å². The van der Waals surface area contributed by atoms with Gasteiger partial charge in [0.05, 0.1) is 10.0 Å². The number of benzene rings is 1. The molecule has 4 nitrogen and oxygen atoms in total. The van der Waals surface area contributed by atoms with Crippen LogP contribution in [0.4, 0.5) is 5.69 Å². The molecule has 20 heavy (non-hydrogen) atoms. The van der Waals surface area contributed by atoms with E-state index in [0.717, 1.165) is 39.0 Å². The van der Waals surface area contributed by atoms with Crippen LogP contribution in [0.3, 0.4) is 0 Å². The molecule has 1 aliphatic heterocycles. The lowest BCUT2D eigenvalue weighted by Gasteiger charge is -2.31. The van der Waals surface area contributed by atoms with E-state index in [0.29, 0.717) is 21.6 Å². The van der Waals surface area contributed by atoms with Crippen LogP contribution in [-0.4, -0.2) is 37.0 Å². The van der Waals surface area contributed by atoms with Crippen molar-refractivity contribution in [2.45, 2.75) is 19.8 Å². The van der Waals surface area contributed by atoms with E-state index in [1.165, 1.54) is 0 Å². The number of piperidine rings is 1. The molecule has 0 aliphatic carbocycles. The third-order valence-corrected chi connectivity index (χ3v) is 4.86. The summed E-state index contributed by atoms with van der Waals surface area (Å²) in [7, 11) is 0. The highest BCUT2D eigenvalue weighted by molar-refractivity contribution is 9.10.